The lowest BCUT2D eigenvalue weighted by atomic mass is 10.1. The molecule has 5 aliphatic rings. The second kappa shape index (κ2) is 13.1. The van der Waals surface area contributed by atoms with Gasteiger partial charge >= 0.3 is 0 Å². The van der Waals surface area contributed by atoms with Crippen molar-refractivity contribution in [3.63, 3.8) is 0 Å². The van der Waals surface area contributed by atoms with Gasteiger partial charge in [0.1, 0.15) is 11.4 Å². The molecule has 42 heavy (non-hydrogen) atoms. The van der Waals surface area contributed by atoms with Crippen LogP contribution in [-0.4, -0.2) is 117 Å². The number of anilines is 3. The van der Waals surface area contributed by atoms with Gasteiger partial charge in [0.05, 0.1) is 6.10 Å². The number of aliphatic hydroxyl groups excluding tert-OH is 1. The van der Waals surface area contributed by atoms with Crippen LogP contribution < -0.4 is 14.7 Å². The van der Waals surface area contributed by atoms with Gasteiger partial charge < -0.3 is 29.3 Å². The van der Waals surface area contributed by atoms with E-state index in [4.69, 9.17) is 26.1 Å². The van der Waals surface area contributed by atoms with Crippen LogP contribution in [0, 0.1) is 0 Å². The number of halogens is 1. The van der Waals surface area contributed by atoms with Crippen molar-refractivity contribution >= 4 is 51.5 Å². The van der Waals surface area contributed by atoms with E-state index in [9.17, 15) is 14.2 Å². The fraction of sp³-hybridized carbons (Fsp3) is 0.704. The van der Waals surface area contributed by atoms with E-state index in [0.717, 1.165) is 109 Å². The van der Waals surface area contributed by atoms with E-state index in [1.807, 2.05) is 11.9 Å². The Hall–Kier alpha value is -1.65. The molecule has 7 heterocycles. The molecule has 230 valence electrons. The molecule has 7 rings (SSSR count). The molecule has 15 heteroatoms. The van der Waals surface area contributed by atoms with Gasteiger partial charge in [-0.15, -0.1) is 0 Å². The Balaban J connectivity index is 0.000000153. The van der Waals surface area contributed by atoms with Gasteiger partial charge in [-0.1, -0.05) is 0 Å². The van der Waals surface area contributed by atoms with Crippen LogP contribution in [0.1, 0.15) is 37.1 Å². The third kappa shape index (κ3) is 6.27. The van der Waals surface area contributed by atoms with Crippen LogP contribution in [0.15, 0.2) is 9.79 Å². The standard InChI is InChI=1S/C15H23N4O3S.C12H17ClN3O2S/c1-18(10-2-5-22-6-3-10)14-13-12(4-7-23(13)21)16-15(17-14)19-8-11(20)9-19;1-16(8-2-5-18-6-3-8)11-10-9(4-7-19(10)17)14-12(13)15-11/h10-11,20-21H,2-9H2,1H3;8,17H,2-7H2,1H3/q2*+1. The minimum atomic E-state index is -0.763. The molecule has 5 aliphatic heterocycles. The number of aryl methyl sites for hydroxylation is 2. The summed E-state index contributed by atoms with van der Waals surface area (Å²) in [6, 6.07) is 0.775. The van der Waals surface area contributed by atoms with Gasteiger partial charge in [0.2, 0.25) is 11.2 Å². The van der Waals surface area contributed by atoms with Crippen molar-refractivity contribution in [3.8, 4) is 0 Å². The largest absolute Gasteiger partial charge is 0.389 e. The van der Waals surface area contributed by atoms with Crippen LogP contribution in [-0.2, 0) is 44.7 Å². The molecule has 2 aromatic rings. The monoisotopic (exact) mass is 641 g/mol. The molecule has 3 saturated heterocycles. The Morgan fingerprint density at radius 3 is 1.74 bits per heavy atom. The highest BCUT2D eigenvalue weighted by Crippen LogP contribution is 2.37. The van der Waals surface area contributed by atoms with E-state index in [2.05, 4.69) is 31.8 Å². The first kappa shape index (κ1) is 30.4. The number of aliphatic hydroxyl groups is 1. The highest BCUT2D eigenvalue weighted by atomic mass is 35.5. The zero-order chi connectivity index (χ0) is 29.4. The van der Waals surface area contributed by atoms with Gasteiger partial charge in [-0.2, -0.15) is 19.1 Å². The fourth-order valence-electron chi connectivity index (χ4n) is 6.07. The lowest BCUT2D eigenvalue weighted by Gasteiger charge is -2.37. The lowest BCUT2D eigenvalue weighted by Crippen LogP contribution is -2.51. The first-order valence-corrected chi connectivity index (χ1v) is 17.7. The SMILES string of the molecule is CN(c1nc(Cl)nc2c1[S+](O)CC2)C1CCOCC1.CN(c1nc(N2CC(O)C2)nc2c1[S+](O)CC2)C1CCOCC1. The summed E-state index contributed by atoms with van der Waals surface area (Å²) in [6.07, 6.45) is 5.22. The molecular formula is C27H40ClN7O5S2+2. The summed E-state index contributed by atoms with van der Waals surface area (Å²) < 4.78 is 31.4. The van der Waals surface area contributed by atoms with E-state index in [0.29, 0.717) is 31.1 Å². The van der Waals surface area contributed by atoms with Crippen LogP contribution in [0.2, 0.25) is 5.28 Å². The maximum Gasteiger partial charge on any atom is 0.253 e. The van der Waals surface area contributed by atoms with E-state index in [1.54, 1.807) is 0 Å². The molecule has 12 nitrogen and oxygen atoms in total. The first-order valence-electron chi connectivity index (χ1n) is 14.6. The van der Waals surface area contributed by atoms with Crippen molar-refractivity contribution in [2.24, 2.45) is 0 Å². The normalized spacial score (nSPS) is 24.5. The van der Waals surface area contributed by atoms with Crippen LogP contribution in [0.4, 0.5) is 17.6 Å². The Morgan fingerprint density at radius 1 is 0.762 bits per heavy atom. The van der Waals surface area contributed by atoms with Crippen LogP contribution in [0.3, 0.4) is 0 Å². The number of nitrogens with zero attached hydrogens (tertiary/aromatic N) is 7. The number of hydrogen-bond acceptors (Lipinski definition) is 12. The average Bonchev–Trinajstić information content (AvgIpc) is 3.56. The molecule has 0 radical (unpaired) electrons. The van der Waals surface area contributed by atoms with Crippen molar-refractivity contribution < 1.29 is 23.7 Å². The third-order valence-electron chi connectivity index (χ3n) is 8.62. The summed E-state index contributed by atoms with van der Waals surface area (Å²) >= 11 is 4.50. The number of aromatic nitrogens is 4. The fourth-order valence-corrected chi connectivity index (χ4v) is 9.07. The van der Waals surface area contributed by atoms with Gasteiger partial charge in [0.25, 0.3) is 9.79 Å². The number of fused-ring (bicyclic) bond motifs is 2. The van der Waals surface area contributed by atoms with Crippen molar-refractivity contribution in [1.82, 2.24) is 19.9 Å². The molecule has 0 saturated carbocycles. The molecular weight excluding hydrogens is 602 g/mol. The van der Waals surface area contributed by atoms with Crippen molar-refractivity contribution in [2.45, 2.75) is 66.5 Å². The Labute approximate surface area is 257 Å². The summed E-state index contributed by atoms with van der Waals surface area (Å²) in [5.41, 5.74) is 1.87. The number of hydrogen-bond donors (Lipinski definition) is 3. The lowest BCUT2D eigenvalue weighted by molar-refractivity contribution is 0.0851. The molecule has 2 atom stereocenters. The molecule has 0 bridgehead atoms. The molecule has 0 amide bonds. The Bertz CT molecular complexity index is 1260. The quantitative estimate of drug-likeness (QED) is 0.325. The molecule has 0 aliphatic carbocycles. The summed E-state index contributed by atoms with van der Waals surface area (Å²) in [4.78, 5) is 26.2. The average molecular weight is 642 g/mol. The summed E-state index contributed by atoms with van der Waals surface area (Å²) in [6.45, 7) is 4.28. The predicted molar refractivity (Wildman–Crippen MR) is 165 cm³/mol. The zero-order valence-corrected chi connectivity index (χ0v) is 26.5. The molecule has 0 spiro atoms. The van der Waals surface area contributed by atoms with Crippen molar-refractivity contribution in [3.05, 3.63) is 16.7 Å². The number of β-amino-alcohol motifs (C(OH)–C–C–N with tert-alkyl or cyclic N) is 1. The van der Waals surface area contributed by atoms with Crippen LogP contribution in [0.25, 0.3) is 0 Å². The van der Waals surface area contributed by atoms with E-state index in [1.165, 1.54) is 0 Å². The van der Waals surface area contributed by atoms with Crippen molar-refractivity contribution in [2.75, 3.05) is 79.8 Å². The summed E-state index contributed by atoms with van der Waals surface area (Å²) in [5, 5.41) is 9.81. The second-order valence-electron chi connectivity index (χ2n) is 11.3. The molecule has 2 unspecified atom stereocenters. The van der Waals surface area contributed by atoms with Crippen LogP contribution in [0.5, 0.6) is 0 Å². The van der Waals surface area contributed by atoms with E-state index >= 15 is 0 Å². The minimum absolute atomic E-state index is 0.270. The third-order valence-corrected chi connectivity index (χ3v) is 11.8. The molecule has 2 aromatic heterocycles. The van der Waals surface area contributed by atoms with Crippen molar-refractivity contribution in [1.29, 1.82) is 0 Å². The van der Waals surface area contributed by atoms with Gasteiger partial charge in [-0.25, -0.2) is 9.97 Å². The minimum Gasteiger partial charge on any atom is -0.389 e. The summed E-state index contributed by atoms with van der Waals surface area (Å²) in [5.74, 6) is 3.82. The topological polar surface area (TPSA) is 140 Å². The maximum atomic E-state index is 10.4. The van der Waals surface area contributed by atoms with E-state index < -0.39 is 22.4 Å². The maximum absolute atomic E-state index is 10.4. The second-order valence-corrected chi connectivity index (χ2v) is 14.8. The van der Waals surface area contributed by atoms with Gasteiger partial charge in [0.15, 0.2) is 45.5 Å². The smallest absolute Gasteiger partial charge is 0.253 e. The van der Waals surface area contributed by atoms with Gasteiger partial charge in [-0.3, -0.25) is 0 Å². The number of rotatable bonds is 5. The number of ether oxygens (including phenoxy) is 2. The predicted octanol–water partition coefficient (Wildman–Crippen LogP) is 2.03. The highest BCUT2D eigenvalue weighted by Gasteiger charge is 2.42. The highest BCUT2D eigenvalue weighted by molar-refractivity contribution is 7.92. The van der Waals surface area contributed by atoms with Gasteiger partial charge in [0, 0.05) is 78.5 Å². The molecule has 0 aromatic carbocycles. The zero-order valence-electron chi connectivity index (χ0n) is 24.1. The van der Waals surface area contributed by atoms with Gasteiger partial charge in [-0.05, 0) is 37.3 Å². The van der Waals surface area contributed by atoms with Crippen LogP contribution >= 0.6 is 11.6 Å². The molecule has 3 fully saturated rings. The molecule has 3 N–H and O–H groups in total. The Kier molecular flexibility index (Phi) is 9.51. The Morgan fingerprint density at radius 2 is 1.24 bits per heavy atom. The summed E-state index contributed by atoms with van der Waals surface area (Å²) in [7, 11) is 4.08. The first-order chi connectivity index (χ1) is 20.3. The van der Waals surface area contributed by atoms with E-state index in [-0.39, 0.29) is 11.4 Å².